The number of rotatable bonds is 10. The molecule has 0 N–H and O–H groups in total. The topological polar surface area (TPSA) is 0 Å². The Balaban J connectivity index is 2.76. The van der Waals surface area contributed by atoms with E-state index in [9.17, 15) is 0 Å². The van der Waals surface area contributed by atoms with E-state index in [4.69, 9.17) is 0 Å². The van der Waals surface area contributed by atoms with E-state index in [0.29, 0.717) is 0 Å². The second-order valence-electron chi connectivity index (χ2n) is 3.97. The van der Waals surface area contributed by atoms with Gasteiger partial charge in [-0.1, -0.05) is 0 Å². The Hall–Kier alpha value is 0.883. The average molecular weight is 380 g/mol. The van der Waals surface area contributed by atoms with Gasteiger partial charge in [-0.2, -0.15) is 0 Å². The molecule has 0 aromatic heterocycles. The molecule has 0 saturated carbocycles. The van der Waals surface area contributed by atoms with E-state index in [1.54, 1.807) is 0 Å². The van der Waals surface area contributed by atoms with Crippen molar-refractivity contribution in [1.82, 2.24) is 0 Å². The van der Waals surface area contributed by atoms with Gasteiger partial charge in [-0.15, -0.1) is 0 Å². The molecule has 0 fully saturated rings. The predicted octanol–water partition coefficient (Wildman–Crippen LogP) is 3.96. The molecule has 80 valence electrons. The van der Waals surface area contributed by atoms with Crippen LogP contribution in [-0.2, 0) is 0 Å². The third-order valence-electron chi connectivity index (χ3n) is 2.56. The van der Waals surface area contributed by atoms with Crippen molar-refractivity contribution in [2.24, 2.45) is 0 Å². The molecule has 0 rings (SSSR count). The zero-order valence-electron chi connectivity index (χ0n) is 9.36. The summed E-state index contributed by atoms with van der Waals surface area (Å²) in [7, 11) is 0. The van der Waals surface area contributed by atoms with Gasteiger partial charge in [0, 0.05) is 0 Å². The summed E-state index contributed by atoms with van der Waals surface area (Å²) in [5.74, 6) is 0. The first-order valence-corrected chi connectivity index (χ1v) is 9.29. The van der Waals surface area contributed by atoms with Crippen LogP contribution in [0.25, 0.3) is 0 Å². The summed E-state index contributed by atoms with van der Waals surface area (Å²) in [5.41, 5.74) is 0. The van der Waals surface area contributed by atoms with E-state index in [1.807, 2.05) is 0 Å². The summed E-state index contributed by atoms with van der Waals surface area (Å²) in [6.45, 7) is 2.29. The molecule has 0 saturated heterocycles. The van der Waals surface area contributed by atoms with Gasteiger partial charge >= 0.3 is 100.0 Å². The monoisotopic (exact) mass is 380 g/mol. The van der Waals surface area contributed by atoms with Crippen LogP contribution in [0.1, 0.15) is 71.1 Å². The van der Waals surface area contributed by atoms with Crippen molar-refractivity contribution < 1.29 is 0 Å². The molecule has 13 heavy (non-hydrogen) atoms. The Morgan fingerprint density at radius 3 is 1.38 bits per heavy atom. The van der Waals surface area contributed by atoms with Gasteiger partial charge in [0.25, 0.3) is 0 Å². The SMILES string of the molecule is CCCCCCCCCCC[CH2][BiH2]. The maximum atomic E-state index is 2.29. The molecular formula is C12H27Bi. The molecule has 0 aromatic carbocycles. The fourth-order valence-corrected chi connectivity index (χ4v) is 2.75. The van der Waals surface area contributed by atoms with Gasteiger partial charge in [-0.05, 0) is 0 Å². The Bertz CT molecular complexity index is 71.2. The van der Waals surface area contributed by atoms with Gasteiger partial charge in [-0.25, -0.2) is 0 Å². The third-order valence-corrected chi connectivity index (χ3v) is 4.14. The van der Waals surface area contributed by atoms with Crippen molar-refractivity contribution in [3.8, 4) is 0 Å². The predicted molar refractivity (Wildman–Crippen MR) is 65.2 cm³/mol. The van der Waals surface area contributed by atoms with Crippen molar-refractivity contribution in [3.63, 3.8) is 0 Å². The summed E-state index contributed by atoms with van der Waals surface area (Å²) < 4.78 is 1.54. The summed E-state index contributed by atoms with van der Waals surface area (Å²) in [4.78, 5) is 0. The van der Waals surface area contributed by atoms with Gasteiger partial charge in [0.05, 0.1) is 0 Å². The average Bonchev–Trinajstić information content (AvgIpc) is 2.16. The fraction of sp³-hybridized carbons (Fsp3) is 1.00. The van der Waals surface area contributed by atoms with E-state index in [2.05, 4.69) is 6.92 Å². The molecule has 0 bridgehead atoms. The minimum atomic E-state index is 1.24. The van der Waals surface area contributed by atoms with E-state index in [0.717, 1.165) is 0 Å². The minimum absolute atomic E-state index is 1.24. The zero-order chi connectivity index (χ0) is 9.78. The number of hydrogen-bond acceptors (Lipinski definition) is 0. The Morgan fingerprint density at radius 1 is 0.615 bits per heavy atom. The number of hydrogen-bond donors (Lipinski definition) is 0. The van der Waals surface area contributed by atoms with Crippen LogP contribution in [0.4, 0.5) is 0 Å². The quantitative estimate of drug-likeness (QED) is 0.398. The molecule has 0 aliphatic heterocycles. The molecule has 1 heteroatoms. The van der Waals surface area contributed by atoms with Crippen molar-refractivity contribution >= 4 is 24.7 Å². The molecule has 0 aromatic rings. The van der Waals surface area contributed by atoms with Crippen LogP contribution in [0.5, 0.6) is 0 Å². The van der Waals surface area contributed by atoms with Crippen LogP contribution in [-0.4, -0.2) is 24.7 Å². The normalized spacial score (nSPS) is 10.6. The van der Waals surface area contributed by atoms with E-state index in [-0.39, 0.29) is 0 Å². The van der Waals surface area contributed by atoms with Crippen LogP contribution in [0, 0.1) is 0 Å². The van der Waals surface area contributed by atoms with Gasteiger partial charge in [0.1, 0.15) is 0 Å². The van der Waals surface area contributed by atoms with Gasteiger partial charge < -0.3 is 0 Å². The van der Waals surface area contributed by atoms with Crippen molar-refractivity contribution in [1.29, 1.82) is 0 Å². The Kier molecular flexibility index (Phi) is 13.8. The van der Waals surface area contributed by atoms with Gasteiger partial charge in [-0.3, -0.25) is 0 Å². The zero-order valence-corrected chi connectivity index (χ0v) is 13.8. The Labute approximate surface area is 99.7 Å². The molecular weight excluding hydrogens is 353 g/mol. The first-order chi connectivity index (χ1) is 6.41. The molecule has 0 heterocycles. The van der Waals surface area contributed by atoms with Gasteiger partial charge in [0.15, 0.2) is 0 Å². The second kappa shape index (κ2) is 12.9. The summed E-state index contributed by atoms with van der Waals surface area (Å²) in [6.07, 6.45) is 14.8. The van der Waals surface area contributed by atoms with E-state index in [1.165, 1.54) is 93.1 Å². The van der Waals surface area contributed by atoms with Crippen LogP contribution >= 0.6 is 0 Å². The van der Waals surface area contributed by atoms with Crippen LogP contribution in [0.3, 0.4) is 0 Å². The molecule has 0 unspecified atom stereocenters. The number of unbranched alkanes of at least 4 members (excludes halogenated alkanes) is 9. The second-order valence-corrected chi connectivity index (χ2v) is 6.22. The molecule has 0 spiro atoms. The molecule has 0 atom stereocenters. The summed E-state index contributed by atoms with van der Waals surface area (Å²) in [5, 5.41) is 0. The summed E-state index contributed by atoms with van der Waals surface area (Å²) in [6, 6.07) is 0. The molecule has 0 radical (unpaired) electrons. The van der Waals surface area contributed by atoms with E-state index >= 15 is 0 Å². The van der Waals surface area contributed by atoms with Crippen molar-refractivity contribution in [2.45, 2.75) is 75.3 Å². The first kappa shape index (κ1) is 13.9. The van der Waals surface area contributed by atoms with Crippen molar-refractivity contribution in [2.75, 3.05) is 0 Å². The van der Waals surface area contributed by atoms with Crippen LogP contribution in [0.2, 0.25) is 4.13 Å². The molecule has 0 aliphatic carbocycles. The molecule has 0 amide bonds. The third kappa shape index (κ3) is 12.9. The fourth-order valence-electron chi connectivity index (χ4n) is 1.63. The maximum absolute atomic E-state index is 2.29. The molecule has 0 nitrogen and oxygen atoms in total. The standard InChI is InChI=1S/C12H25.Bi.2H/c1-3-5-7-9-11-12-10-8-6-4-2;;;/h1,3-12H2,2H3;;;. The van der Waals surface area contributed by atoms with Crippen molar-refractivity contribution in [3.05, 3.63) is 0 Å². The first-order valence-electron chi connectivity index (χ1n) is 6.12. The van der Waals surface area contributed by atoms with Gasteiger partial charge in [0.2, 0.25) is 0 Å². The Morgan fingerprint density at radius 2 is 1.00 bits per heavy atom. The van der Waals surface area contributed by atoms with E-state index < -0.39 is 0 Å². The summed E-state index contributed by atoms with van der Waals surface area (Å²) >= 11 is 1.24. The van der Waals surface area contributed by atoms with Crippen LogP contribution in [0.15, 0.2) is 0 Å². The van der Waals surface area contributed by atoms with Crippen LogP contribution < -0.4 is 0 Å². The molecule has 0 aliphatic rings.